The molecule has 2 aromatic rings. The average Bonchev–Trinajstić information content (AvgIpc) is 2.65. The molecule has 2 aromatic carbocycles. The van der Waals surface area contributed by atoms with Crippen molar-refractivity contribution in [2.24, 2.45) is 0 Å². The second-order valence-electron chi connectivity index (χ2n) is 5.16. The number of amides is 1. The van der Waals surface area contributed by atoms with Crippen molar-refractivity contribution < 1.29 is 37.3 Å². The number of carbonyl (C=O) groups excluding carboxylic acids is 2. The Balaban J connectivity index is 2.04. The average molecular weight is 381 g/mol. The lowest BCUT2D eigenvalue weighted by molar-refractivity contribution is -0.119. The minimum Gasteiger partial charge on any atom is -0.493 e. The highest BCUT2D eigenvalue weighted by Gasteiger charge is 2.17. The second kappa shape index (κ2) is 8.84. The van der Waals surface area contributed by atoms with Crippen LogP contribution in [0.3, 0.4) is 0 Å². The molecule has 0 fully saturated rings. The summed E-state index contributed by atoms with van der Waals surface area (Å²) in [5.74, 6) is -2.70. The Kier molecular flexibility index (Phi) is 6.53. The van der Waals surface area contributed by atoms with Crippen molar-refractivity contribution in [2.45, 2.75) is 0 Å². The highest BCUT2D eigenvalue weighted by Crippen LogP contribution is 2.39. The molecule has 0 aliphatic heterocycles. The van der Waals surface area contributed by atoms with Gasteiger partial charge in [0.2, 0.25) is 5.75 Å². The summed E-state index contributed by atoms with van der Waals surface area (Å²) < 4.78 is 46.6. The molecular weight excluding hydrogens is 364 g/mol. The van der Waals surface area contributed by atoms with Crippen molar-refractivity contribution in [1.29, 1.82) is 0 Å². The molecule has 2 rings (SSSR count). The summed E-state index contributed by atoms with van der Waals surface area (Å²) in [6.07, 6.45) is 0. The summed E-state index contributed by atoms with van der Waals surface area (Å²) in [5, 5.41) is 2.49. The first kappa shape index (κ1) is 20.0. The Labute approximate surface area is 153 Å². The van der Waals surface area contributed by atoms with Gasteiger partial charge in [0, 0.05) is 23.9 Å². The fourth-order valence-electron chi connectivity index (χ4n) is 2.21. The fraction of sp³-hybridized carbons (Fsp3) is 0.222. The number of methoxy groups -OCH3 is 3. The van der Waals surface area contributed by atoms with E-state index in [1.807, 2.05) is 0 Å². The van der Waals surface area contributed by atoms with E-state index in [2.05, 4.69) is 5.32 Å². The SMILES string of the molecule is COc1cc(NC(=O)COC(=O)c2ccc(F)cc2F)cc(OC)c1OC. The molecule has 9 heteroatoms. The van der Waals surface area contributed by atoms with Crippen molar-refractivity contribution in [3.8, 4) is 17.2 Å². The van der Waals surface area contributed by atoms with Gasteiger partial charge in [-0.15, -0.1) is 0 Å². The zero-order chi connectivity index (χ0) is 20.0. The predicted molar refractivity (Wildman–Crippen MR) is 91.4 cm³/mol. The van der Waals surface area contributed by atoms with Crippen molar-refractivity contribution in [3.63, 3.8) is 0 Å². The van der Waals surface area contributed by atoms with Crippen LogP contribution in [0.25, 0.3) is 0 Å². The monoisotopic (exact) mass is 381 g/mol. The first-order valence-electron chi connectivity index (χ1n) is 7.61. The Morgan fingerprint density at radius 1 is 0.963 bits per heavy atom. The van der Waals surface area contributed by atoms with Crippen LogP contribution in [0.4, 0.5) is 14.5 Å². The highest BCUT2D eigenvalue weighted by atomic mass is 19.1. The van der Waals surface area contributed by atoms with Crippen LogP contribution >= 0.6 is 0 Å². The lowest BCUT2D eigenvalue weighted by Gasteiger charge is -2.14. The number of anilines is 1. The smallest absolute Gasteiger partial charge is 0.341 e. The lowest BCUT2D eigenvalue weighted by atomic mass is 10.2. The van der Waals surface area contributed by atoms with Crippen LogP contribution < -0.4 is 19.5 Å². The van der Waals surface area contributed by atoms with Crippen LogP contribution in [0.1, 0.15) is 10.4 Å². The van der Waals surface area contributed by atoms with E-state index in [-0.39, 0.29) is 0 Å². The van der Waals surface area contributed by atoms with E-state index < -0.39 is 35.7 Å². The van der Waals surface area contributed by atoms with Crippen molar-refractivity contribution in [3.05, 3.63) is 47.5 Å². The third-order valence-electron chi connectivity index (χ3n) is 3.43. The predicted octanol–water partition coefficient (Wildman–Crippen LogP) is 2.79. The van der Waals surface area contributed by atoms with E-state index in [0.717, 1.165) is 12.1 Å². The van der Waals surface area contributed by atoms with E-state index in [0.29, 0.717) is 29.0 Å². The molecule has 27 heavy (non-hydrogen) atoms. The summed E-state index contributed by atoms with van der Waals surface area (Å²) in [4.78, 5) is 23.8. The van der Waals surface area contributed by atoms with Crippen molar-refractivity contribution in [1.82, 2.24) is 0 Å². The van der Waals surface area contributed by atoms with E-state index in [1.165, 1.54) is 33.5 Å². The first-order valence-corrected chi connectivity index (χ1v) is 7.61. The molecule has 0 spiro atoms. The van der Waals surface area contributed by atoms with Gasteiger partial charge >= 0.3 is 5.97 Å². The second-order valence-corrected chi connectivity index (χ2v) is 5.16. The number of rotatable bonds is 7. The van der Waals surface area contributed by atoms with Gasteiger partial charge < -0.3 is 24.3 Å². The normalized spacial score (nSPS) is 10.1. The van der Waals surface area contributed by atoms with Crippen LogP contribution in [0.5, 0.6) is 17.2 Å². The van der Waals surface area contributed by atoms with Gasteiger partial charge in [-0.25, -0.2) is 13.6 Å². The summed E-state index contributed by atoms with van der Waals surface area (Å²) in [7, 11) is 4.27. The maximum absolute atomic E-state index is 13.5. The number of ether oxygens (including phenoxy) is 4. The van der Waals surface area contributed by atoms with E-state index >= 15 is 0 Å². The summed E-state index contributed by atoms with van der Waals surface area (Å²) >= 11 is 0. The number of esters is 1. The third-order valence-corrected chi connectivity index (χ3v) is 3.43. The quantitative estimate of drug-likeness (QED) is 0.743. The van der Waals surface area contributed by atoms with Crippen LogP contribution in [-0.2, 0) is 9.53 Å². The maximum atomic E-state index is 13.5. The molecular formula is C18H17F2NO6. The molecule has 0 aliphatic carbocycles. The van der Waals surface area contributed by atoms with Crippen LogP contribution in [0, 0.1) is 11.6 Å². The third kappa shape index (κ3) is 4.84. The van der Waals surface area contributed by atoms with E-state index in [4.69, 9.17) is 18.9 Å². The molecule has 144 valence electrons. The summed E-state index contributed by atoms with van der Waals surface area (Å²) in [6.45, 7) is -0.674. The molecule has 0 atom stereocenters. The molecule has 1 N–H and O–H groups in total. The number of benzene rings is 2. The molecule has 1 amide bonds. The van der Waals surface area contributed by atoms with E-state index in [9.17, 15) is 18.4 Å². The van der Waals surface area contributed by atoms with Gasteiger partial charge in [0.15, 0.2) is 18.1 Å². The highest BCUT2D eigenvalue weighted by molar-refractivity contribution is 5.96. The van der Waals surface area contributed by atoms with Gasteiger partial charge in [0.1, 0.15) is 11.6 Å². The fourth-order valence-corrected chi connectivity index (χ4v) is 2.21. The molecule has 7 nitrogen and oxygen atoms in total. The number of hydrogen-bond donors (Lipinski definition) is 1. The minimum absolute atomic E-state index is 0.304. The Morgan fingerprint density at radius 3 is 2.11 bits per heavy atom. The Morgan fingerprint density at radius 2 is 1.59 bits per heavy atom. The van der Waals surface area contributed by atoms with Crippen LogP contribution in [0.2, 0.25) is 0 Å². The van der Waals surface area contributed by atoms with Gasteiger partial charge in [-0.2, -0.15) is 0 Å². The van der Waals surface area contributed by atoms with Gasteiger partial charge in [0.05, 0.1) is 26.9 Å². The van der Waals surface area contributed by atoms with Gasteiger partial charge in [-0.1, -0.05) is 0 Å². The molecule has 0 radical (unpaired) electrons. The number of carbonyl (C=O) groups is 2. The Bertz CT molecular complexity index is 831. The van der Waals surface area contributed by atoms with Crippen LogP contribution in [0.15, 0.2) is 30.3 Å². The zero-order valence-electron chi connectivity index (χ0n) is 14.8. The summed E-state index contributed by atoms with van der Waals surface area (Å²) in [6, 6.07) is 5.37. The molecule has 0 heterocycles. The van der Waals surface area contributed by atoms with Gasteiger partial charge in [0.25, 0.3) is 5.91 Å². The number of nitrogens with one attached hydrogen (secondary N) is 1. The Hall–Kier alpha value is -3.36. The molecule has 0 unspecified atom stereocenters. The van der Waals surface area contributed by atoms with Gasteiger partial charge in [-0.05, 0) is 12.1 Å². The van der Waals surface area contributed by atoms with Crippen LogP contribution in [-0.4, -0.2) is 39.8 Å². The standard InChI is InChI=1S/C18H17F2NO6/c1-24-14-7-11(8-15(25-2)17(14)26-3)21-16(22)9-27-18(23)12-5-4-10(19)6-13(12)20/h4-8H,9H2,1-3H3,(H,21,22). The molecule has 0 saturated carbocycles. The zero-order valence-corrected chi connectivity index (χ0v) is 14.8. The minimum atomic E-state index is -1.09. The van der Waals surface area contributed by atoms with E-state index in [1.54, 1.807) is 0 Å². The molecule has 0 aliphatic rings. The molecule has 0 saturated heterocycles. The van der Waals surface area contributed by atoms with Gasteiger partial charge in [-0.3, -0.25) is 4.79 Å². The lowest BCUT2D eigenvalue weighted by Crippen LogP contribution is -2.21. The summed E-state index contributed by atoms with van der Waals surface area (Å²) in [5.41, 5.74) is -0.171. The molecule has 0 bridgehead atoms. The largest absolute Gasteiger partial charge is 0.493 e. The van der Waals surface area contributed by atoms with Crippen molar-refractivity contribution in [2.75, 3.05) is 33.3 Å². The topological polar surface area (TPSA) is 83.1 Å². The first-order chi connectivity index (χ1) is 12.9. The molecule has 0 aromatic heterocycles. The number of halogens is 2. The maximum Gasteiger partial charge on any atom is 0.341 e. The number of hydrogen-bond acceptors (Lipinski definition) is 6. The van der Waals surface area contributed by atoms with Crippen molar-refractivity contribution >= 4 is 17.6 Å².